The fraction of sp³-hybridized carbons (Fsp3) is 0.0312. The normalized spacial score (nSPS) is 10.3. The Morgan fingerprint density at radius 1 is 0.583 bits per heavy atom. The molecule has 1 N–H and O–H groups in total. The Kier molecular flexibility index (Phi) is 9.43. The van der Waals surface area contributed by atoms with Crippen LogP contribution in [0.15, 0.2) is 140 Å². The molecule has 0 aliphatic carbocycles. The summed E-state index contributed by atoms with van der Waals surface area (Å²) in [6.45, 7) is 1.98. The molecule has 0 unspecified atom stereocenters. The van der Waals surface area contributed by atoms with Gasteiger partial charge in [0.25, 0.3) is 5.91 Å². The van der Waals surface area contributed by atoms with Crippen molar-refractivity contribution in [3.63, 3.8) is 0 Å². The van der Waals surface area contributed by atoms with Crippen LogP contribution in [0, 0.1) is 10.5 Å². The fourth-order valence-electron chi connectivity index (χ4n) is 3.69. The van der Waals surface area contributed by atoms with Crippen LogP contribution < -0.4 is 21.2 Å². The van der Waals surface area contributed by atoms with Gasteiger partial charge in [0.05, 0.1) is 0 Å². The molecule has 0 saturated heterocycles. The minimum Gasteiger partial charge on any atom is -0.322 e. The van der Waals surface area contributed by atoms with Gasteiger partial charge in [0.1, 0.15) is 0 Å². The second-order valence-corrected chi connectivity index (χ2v) is 11.6. The molecule has 2 nitrogen and oxygen atoms in total. The maximum Gasteiger partial charge on any atom is 0.255 e. The first-order valence-corrected chi connectivity index (χ1v) is 14.1. The zero-order valence-electron chi connectivity index (χ0n) is 20.0. The van der Waals surface area contributed by atoms with Crippen molar-refractivity contribution in [2.45, 2.75) is 6.92 Å². The molecule has 0 fully saturated rings. The van der Waals surface area contributed by atoms with E-state index in [1.807, 2.05) is 55.5 Å². The van der Waals surface area contributed by atoms with Crippen molar-refractivity contribution >= 4 is 58.0 Å². The van der Waals surface area contributed by atoms with Crippen LogP contribution in [-0.4, -0.2) is 5.91 Å². The van der Waals surface area contributed by atoms with Crippen LogP contribution in [0.3, 0.4) is 0 Å². The van der Waals surface area contributed by atoms with E-state index in [0.29, 0.717) is 5.56 Å². The zero-order valence-corrected chi connectivity index (χ0v) is 23.1. The number of rotatable bonds is 5. The summed E-state index contributed by atoms with van der Waals surface area (Å²) in [4.78, 5) is 12.0. The van der Waals surface area contributed by atoms with Gasteiger partial charge in [-0.3, -0.25) is 4.79 Å². The van der Waals surface area contributed by atoms with E-state index in [0.717, 1.165) is 14.8 Å². The van der Waals surface area contributed by atoms with Crippen molar-refractivity contribution in [3.05, 3.63) is 154 Å². The van der Waals surface area contributed by atoms with Crippen molar-refractivity contribution in [1.29, 1.82) is 0 Å². The molecule has 0 heterocycles. The highest BCUT2D eigenvalue weighted by molar-refractivity contribution is 14.1. The van der Waals surface area contributed by atoms with Gasteiger partial charge in [-0.1, -0.05) is 109 Å². The second-order valence-electron chi connectivity index (χ2n) is 8.12. The van der Waals surface area contributed by atoms with Crippen LogP contribution >= 0.6 is 30.5 Å². The zero-order chi connectivity index (χ0) is 25.2. The number of nitrogens with one attached hydrogen (secondary N) is 1. The maximum absolute atomic E-state index is 12.0. The van der Waals surface area contributed by atoms with Gasteiger partial charge >= 0.3 is 0 Å². The molecule has 5 aromatic rings. The van der Waals surface area contributed by atoms with Crippen molar-refractivity contribution < 1.29 is 4.79 Å². The lowest BCUT2D eigenvalue weighted by Crippen LogP contribution is -2.20. The van der Waals surface area contributed by atoms with Crippen molar-refractivity contribution in [1.82, 2.24) is 0 Å². The third kappa shape index (κ3) is 7.13. The Bertz CT molecular complexity index is 1280. The molecule has 5 aromatic carbocycles. The molecule has 36 heavy (non-hydrogen) atoms. The molecule has 178 valence electrons. The van der Waals surface area contributed by atoms with Crippen LogP contribution in [0.1, 0.15) is 15.9 Å². The Hall–Kier alpha value is -3.27. The van der Waals surface area contributed by atoms with Gasteiger partial charge in [0.15, 0.2) is 0 Å². The van der Waals surface area contributed by atoms with E-state index in [4.69, 9.17) is 0 Å². The summed E-state index contributed by atoms with van der Waals surface area (Å²) in [5.74, 6) is -0.0734. The lowest BCUT2D eigenvalue weighted by atomic mass is 10.1. The fourth-order valence-corrected chi connectivity index (χ4v) is 6.35. The lowest BCUT2D eigenvalue weighted by Gasteiger charge is -2.18. The van der Waals surface area contributed by atoms with Crippen molar-refractivity contribution in [2.75, 3.05) is 5.32 Å². The topological polar surface area (TPSA) is 29.1 Å². The van der Waals surface area contributed by atoms with Crippen LogP contribution in [0.4, 0.5) is 5.69 Å². The molecule has 0 atom stereocenters. The quantitative estimate of drug-likeness (QED) is 0.167. The molecular weight excluding hydrogens is 572 g/mol. The van der Waals surface area contributed by atoms with Gasteiger partial charge in [-0.15, -0.1) is 0 Å². The minimum atomic E-state index is -0.446. The first kappa shape index (κ1) is 25.8. The highest BCUT2D eigenvalue weighted by Gasteiger charge is 2.15. The summed E-state index contributed by atoms with van der Waals surface area (Å²) < 4.78 is 1.12. The predicted octanol–water partition coefficient (Wildman–Crippen LogP) is 7.30. The van der Waals surface area contributed by atoms with Gasteiger partial charge in [0.2, 0.25) is 0 Å². The highest BCUT2D eigenvalue weighted by atomic mass is 127. The maximum atomic E-state index is 12.0. The SMILES string of the molecule is Cc1ccccc1NC(=O)c1ccc(I)cc1.c1ccc(P(c2ccccc2)c2ccccc2)cc1. The van der Waals surface area contributed by atoms with Gasteiger partial charge in [-0.25, -0.2) is 0 Å². The van der Waals surface area contributed by atoms with Crippen LogP contribution in [0.5, 0.6) is 0 Å². The second kappa shape index (κ2) is 13.2. The highest BCUT2D eigenvalue weighted by Crippen LogP contribution is 2.32. The average molecular weight is 599 g/mol. The Balaban J connectivity index is 0.000000170. The summed E-state index contributed by atoms with van der Waals surface area (Å²) in [5.41, 5.74) is 2.59. The molecule has 0 saturated carbocycles. The first-order chi connectivity index (χ1) is 17.6. The molecule has 0 radical (unpaired) electrons. The average Bonchev–Trinajstić information content (AvgIpc) is 2.93. The van der Waals surface area contributed by atoms with E-state index in [2.05, 4.69) is 119 Å². The van der Waals surface area contributed by atoms with Gasteiger partial charge in [-0.2, -0.15) is 0 Å². The number of carbonyl (C=O) groups excluding carboxylic acids is 1. The number of benzene rings is 5. The van der Waals surface area contributed by atoms with Gasteiger partial charge in [0, 0.05) is 14.8 Å². The van der Waals surface area contributed by atoms with Crippen molar-refractivity contribution in [3.8, 4) is 0 Å². The van der Waals surface area contributed by atoms with Gasteiger partial charge < -0.3 is 5.32 Å². The summed E-state index contributed by atoms with van der Waals surface area (Å²) in [7, 11) is -0.446. The first-order valence-electron chi connectivity index (χ1n) is 11.7. The van der Waals surface area contributed by atoms with Gasteiger partial charge in [-0.05, 0) is 89.2 Å². The van der Waals surface area contributed by atoms with E-state index in [9.17, 15) is 4.79 Å². The molecule has 1 amide bonds. The number of anilines is 1. The third-order valence-corrected chi connectivity index (χ3v) is 8.71. The number of hydrogen-bond acceptors (Lipinski definition) is 1. The van der Waals surface area contributed by atoms with E-state index < -0.39 is 7.92 Å². The molecule has 0 aliphatic rings. The molecule has 5 rings (SSSR count). The standard InChI is InChI=1S/C18H15P.C14H12INO/c1-4-10-16(11-5-1)19(17-12-6-2-7-13-17)18-14-8-3-9-15-18;1-10-4-2-3-5-13(10)16-14(17)11-6-8-12(15)9-7-11/h1-15H;2-9H,1H3,(H,16,17). The predicted molar refractivity (Wildman–Crippen MR) is 163 cm³/mol. The van der Waals surface area contributed by atoms with E-state index in [1.165, 1.54) is 15.9 Å². The van der Waals surface area contributed by atoms with Crippen LogP contribution in [0.25, 0.3) is 0 Å². The number of carbonyl (C=O) groups is 1. The molecule has 0 aromatic heterocycles. The van der Waals surface area contributed by atoms with E-state index in [-0.39, 0.29) is 5.91 Å². The minimum absolute atomic E-state index is 0.0734. The number of halogens is 1. The summed E-state index contributed by atoms with van der Waals surface area (Å²) >= 11 is 2.22. The lowest BCUT2D eigenvalue weighted by molar-refractivity contribution is 0.102. The van der Waals surface area contributed by atoms with Crippen LogP contribution in [0.2, 0.25) is 0 Å². The molecular formula is C32H27INOP. The monoisotopic (exact) mass is 599 g/mol. The molecule has 0 spiro atoms. The molecule has 0 aliphatic heterocycles. The smallest absolute Gasteiger partial charge is 0.255 e. The molecule has 4 heteroatoms. The van der Waals surface area contributed by atoms with E-state index >= 15 is 0 Å². The number of hydrogen-bond donors (Lipinski definition) is 1. The number of para-hydroxylation sites is 1. The summed E-state index contributed by atoms with van der Waals surface area (Å²) in [6, 6.07) is 47.6. The Morgan fingerprint density at radius 3 is 1.44 bits per heavy atom. The summed E-state index contributed by atoms with van der Waals surface area (Å²) in [5, 5.41) is 7.10. The van der Waals surface area contributed by atoms with Crippen molar-refractivity contribution in [2.24, 2.45) is 0 Å². The van der Waals surface area contributed by atoms with E-state index in [1.54, 1.807) is 0 Å². The Labute approximate surface area is 228 Å². The largest absolute Gasteiger partial charge is 0.322 e. The van der Waals surface area contributed by atoms with Crippen LogP contribution in [-0.2, 0) is 0 Å². The Morgan fingerprint density at radius 2 is 1.00 bits per heavy atom. The number of aryl methyl sites for hydroxylation is 1. The summed E-state index contributed by atoms with van der Waals surface area (Å²) in [6.07, 6.45) is 0. The molecule has 0 bridgehead atoms. The number of amides is 1. The third-order valence-electron chi connectivity index (χ3n) is 5.54.